The van der Waals surface area contributed by atoms with Crippen LogP contribution in [-0.4, -0.2) is 55.7 Å². The Morgan fingerprint density at radius 3 is 1.71 bits per heavy atom. The first kappa shape index (κ1) is 28.0. The number of nitrogens with one attached hydrogen (secondary N) is 2. The summed E-state index contributed by atoms with van der Waals surface area (Å²) in [5.74, 6) is 0. The second kappa shape index (κ2) is 11.6. The highest BCUT2D eigenvalue weighted by Gasteiger charge is 2.26. The smallest absolute Gasteiger partial charge is 0.0594 e. The summed E-state index contributed by atoms with van der Waals surface area (Å²) in [7, 11) is 0. The first-order valence-electron chi connectivity index (χ1n) is 14.2. The molecule has 0 unspecified atom stereocenters. The maximum atomic E-state index is 8.37. The third-order valence-electron chi connectivity index (χ3n) is 8.03. The fourth-order valence-corrected chi connectivity index (χ4v) is 7.16. The van der Waals surface area contributed by atoms with E-state index in [2.05, 4.69) is 46.2 Å². The van der Waals surface area contributed by atoms with Crippen LogP contribution < -0.4 is 16.4 Å². The molecule has 4 aromatic carbocycles. The van der Waals surface area contributed by atoms with Gasteiger partial charge in [-0.25, -0.2) is 0 Å². The highest BCUT2D eigenvalue weighted by molar-refractivity contribution is 7.99. The lowest BCUT2D eigenvalue weighted by atomic mass is 9.95. The summed E-state index contributed by atoms with van der Waals surface area (Å²) in [6.07, 6.45) is 0. The Morgan fingerprint density at radius 2 is 1.24 bits per heavy atom. The van der Waals surface area contributed by atoms with E-state index in [0.29, 0.717) is 22.8 Å². The number of hydrogen-bond donors (Lipinski definition) is 4. The summed E-state index contributed by atoms with van der Waals surface area (Å²) < 4.78 is 5.58. The second-order valence-corrected chi connectivity index (χ2v) is 11.9. The standard InChI is InChI=1S/C34H36N6OS/c1-21(35)33-25(5-3-7-27(33)37)23-9-11-29-31(19-23)42-32-20-24(26-6-4-8-28(38)34(26)22(2)36)10-12-30(32)40(29)14-13-39-15-17-41-18-16-39/h3-12,19-20,35-36H,13-18,37-38H2,1-2H3. The van der Waals surface area contributed by atoms with Crippen LogP contribution in [0.2, 0.25) is 0 Å². The molecule has 7 nitrogen and oxygen atoms in total. The zero-order valence-electron chi connectivity index (χ0n) is 24.0. The quantitative estimate of drug-likeness (QED) is 0.141. The van der Waals surface area contributed by atoms with Crippen molar-refractivity contribution in [2.45, 2.75) is 23.6 Å². The second-order valence-electron chi connectivity index (χ2n) is 10.9. The minimum atomic E-state index is 0.454. The molecular weight excluding hydrogens is 540 g/mol. The Bertz CT molecular complexity index is 1580. The van der Waals surface area contributed by atoms with E-state index in [9.17, 15) is 0 Å². The van der Waals surface area contributed by atoms with Crippen LogP contribution in [0.3, 0.4) is 0 Å². The Hall–Kier alpha value is -4.11. The van der Waals surface area contributed by atoms with Crippen LogP contribution in [0.15, 0.2) is 82.6 Å². The number of ether oxygens (including phenoxy) is 1. The van der Waals surface area contributed by atoms with E-state index in [-0.39, 0.29) is 0 Å². The minimum absolute atomic E-state index is 0.454. The Kier molecular flexibility index (Phi) is 7.77. The summed E-state index contributed by atoms with van der Waals surface area (Å²) >= 11 is 1.76. The summed E-state index contributed by atoms with van der Waals surface area (Å²) in [6, 6.07) is 24.9. The van der Waals surface area contributed by atoms with Crippen molar-refractivity contribution in [3.63, 3.8) is 0 Å². The molecule has 0 aromatic heterocycles. The molecule has 214 valence electrons. The number of hydrogen-bond acceptors (Lipinski definition) is 8. The van der Waals surface area contributed by atoms with Crippen LogP contribution >= 0.6 is 11.8 Å². The number of morpholine rings is 1. The lowest BCUT2D eigenvalue weighted by Crippen LogP contribution is -2.41. The molecule has 0 amide bonds. The molecule has 1 saturated heterocycles. The fourth-order valence-electron chi connectivity index (χ4n) is 5.99. The van der Waals surface area contributed by atoms with Crippen LogP contribution in [0, 0.1) is 10.8 Å². The molecule has 6 N–H and O–H groups in total. The average molecular weight is 577 g/mol. The Balaban J connectivity index is 1.44. The summed E-state index contributed by atoms with van der Waals surface area (Å²) in [6.45, 7) is 8.81. The first-order valence-corrected chi connectivity index (χ1v) is 15.1. The van der Waals surface area contributed by atoms with Gasteiger partial charge in [-0.2, -0.15) is 0 Å². The molecule has 2 heterocycles. The molecule has 8 heteroatoms. The van der Waals surface area contributed by atoms with Gasteiger partial charge >= 0.3 is 0 Å². The molecule has 0 atom stereocenters. The third kappa shape index (κ3) is 5.29. The van der Waals surface area contributed by atoms with Crippen molar-refractivity contribution in [3.05, 3.63) is 83.9 Å². The predicted octanol–water partition coefficient (Wildman–Crippen LogP) is 6.90. The van der Waals surface area contributed by atoms with Gasteiger partial charge in [0.05, 0.1) is 24.6 Å². The Morgan fingerprint density at radius 1 is 0.738 bits per heavy atom. The first-order chi connectivity index (χ1) is 20.3. The number of nitrogens with zero attached hydrogens (tertiary/aromatic N) is 2. The van der Waals surface area contributed by atoms with Crippen molar-refractivity contribution in [2.75, 3.05) is 55.8 Å². The van der Waals surface area contributed by atoms with Gasteiger partial charge in [0.2, 0.25) is 0 Å². The van der Waals surface area contributed by atoms with Gasteiger partial charge in [-0.3, -0.25) is 4.90 Å². The molecule has 2 aliphatic rings. The van der Waals surface area contributed by atoms with Gasteiger partial charge in [-0.15, -0.1) is 0 Å². The summed E-state index contributed by atoms with van der Waals surface area (Å²) in [5, 5.41) is 16.7. The SMILES string of the molecule is CC(=N)c1c(N)cccc1-c1ccc2c(c1)Sc1cc(-c3cccc(N)c3C(C)=N)ccc1N2CCN1CCOCC1. The van der Waals surface area contributed by atoms with Gasteiger partial charge in [0.25, 0.3) is 0 Å². The summed E-state index contributed by atoms with van der Waals surface area (Å²) in [5.41, 5.74) is 22.7. The predicted molar refractivity (Wildman–Crippen MR) is 176 cm³/mol. The minimum Gasteiger partial charge on any atom is -0.398 e. The number of nitrogen functional groups attached to an aromatic ring is 2. The zero-order valence-corrected chi connectivity index (χ0v) is 24.9. The molecule has 0 radical (unpaired) electrons. The van der Waals surface area contributed by atoms with E-state index in [0.717, 1.165) is 82.6 Å². The van der Waals surface area contributed by atoms with Crippen LogP contribution in [0.5, 0.6) is 0 Å². The Labute approximate surface area is 251 Å². The molecule has 1 fully saturated rings. The molecule has 0 spiro atoms. The number of nitrogens with two attached hydrogens (primary N) is 2. The summed E-state index contributed by atoms with van der Waals surface area (Å²) in [4.78, 5) is 7.21. The average Bonchev–Trinajstić information content (AvgIpc) is 2.98. The normalized spacial score (nSPS) is 14.8. The molecule has 0 aliphatic carbocycles. The molecule has 0 saturated carbocycles. The van der Waals surface area contributed by atoms with E-state index in [1.165, 1.54) is 11.4 Å². The van der Waals surface area contributed by atoms with Crippen LogP contribution in [0.1, 0.15) is 25.0 Å². The topological polar surface area (TPSA) is 115 Å². The lowest BCUT2D eigenvalue weighted by Gasteiger charge is -2.36. The number of anilines is 4. The van der Waals surface area contributed by atoms with Gasteiger partial charge in [-0.05, 0) is 72.5 Å². The monoisotopic (exact) mass is 576 g/mol. The van der Waals surface area contributed by atoms with E-state index in [1.54, 1.807) is 25.6 Å². The van der Waals surface area contributed by atoms with Crippen LogP contribution in [0.4, 0.5) is 22.7 Å². The lowest BCUT2D eigenvalue weighted by molar-refractivity contribution is 0.0394. The third-order valence-corrected chi connectivity index (χ3v) is 9.12. The van der Waals surface area contributed by atoms with Crippen molar-refractivity contribution in [2.24, 2.45) is 0 Å². The maximum absolute atomic E-state index is 8.37. The van der Waals surface area contributed by atoms with E-state index in [4.69, 9.17) is 27.0 Å². The number of rotatable bonds is 7. The number of benzene rings is 4. The zero-order chi connectivity index (χ0) is 29.4. The maximum Gasteiger partial charge on any atom is 0.0594 e. The molecule has 2 aliphatic heterocycles. The van der Waals surface area contributed by atoms with Crippen LogP contribution in [0.25, 0.3) is 22.3 Å². The number of fused-ring (bicyclic) bond motifs is 2. The highest BCUT2D eigenvalue weighted by Crippen LogP contribution is 2.50. The van der Waals surface area contributed by atoms with Gasteiger partial charge in [-0.1, -0.05) is 48.2 Å². The fraction of sp³-hybridized carbons (Fsp3) is 0.235. The van der Waals surface area contributed by atoms with E-state index >= 15 is 0 Å². The molecule has 4 aromatic rings. The molecule has 0 bridgehead atoms. The van der Waals surface area contributed by atoms with Gasteiger partial charge < -0.3 is 31.9 Å². The van der Waals surface area contributed by atoms with Crippen molar-refractivity contribution < 1.29 is 4.74 Å². The van der Waals surface area contributed by atoms with Gasteiger partial charge in [0, 0.05) is 69.9 Å². The van der Waals surface area contributed by atoms with Crippen molar-refractivity contribution in [3.8, 4) is 22.3 Å². The van der Waals surface area contributed by atoms with Gasteiger partial charge in [0.15, 0.2) is 0 Å². The van der Waals surface area contributed by atoms with E-state index < -0.39 is 0 Å². The molecule has 42 heavy (non-hydrogen) atoms. The highest BCUT2D eigenvalue weighted by atomic mass is 32.2. The van der Waals surface area contributed by atoms with E-state index in [1.807, 2.05) is 36.4 Å². The van der Waals surface area contributed by atoms with Gasteiger partial charge in [0.1, 0.15) is 0 Å². The molecule has 6 rings (SSSR count). The molecular formula is C34H36N6OS. The van der Waals surface area contributed by atoms with Crippen molar-refractivity contribution >= 4 is 45.9 Å². The van der Waals surface area contributed by atoms with Crippen molar-refractivity contribution in [1.82, 2.24) is 4.90 Å². The van der Waals surface area contributed by atoms with Crippen LogP contribution in [-0.2, 0) is 4.74 Å². The van der Waals surface area contributed by atoms with Crippen molar-refractivity contribution in [1.29, 1.82) is 10.8 Å². The largest absolute Gasteiger partial charge is 0.398 e.